The number of aromatic nitrogens is 1. The monoisotopic (exact) mass is 519 g/mol. The molecule has 8 heteroatoms. The molecule has 1 atom stereocenters. The van der Waals surface area contributed by atoms with Gasteiger partial charge in [-0.3, -0.25) is 9.78 Å². The van der Waals surface area contributed by atoms with Crippen molar-refractivity contribution in [2.45, 2.75) is 44.6 Å². The topological polar surface area (TPSA) is 76.2 Å². The SMILES string of the molecule is [C-]#[N+]c1cc2c(Oc3ccc(CC(=O)CC4CC4)c(Cl)c3)ccnc2cc1OC[C@H](O)CN1CCCC1. The Morgan fingerprint density at radius 1 is 1.19 bits per heavy atom. The second-order valence-electron chi connectivity index (χ2n) is 9.95. The smallest absolute Gasteiger partial charge is 0.229 e. The number of aliphatic hydroxyl groups is 1. The van der Waals surface area contributed by atoms with Crippen LogP contribution in [0.15, 0.2) is 42.6 Å². The molecular weight excluding hydrogens is 490 g/mol. The molecule has 1 aliphatic carbocycles. The lowest BCUT2D eigenvalue weighted by Gasteiger charge is -2.20. The minimum atomic E-state index is -0.633. The van der Waals surface area contributed by atoms with Gasteiger partial charge in [0.15, 0.2) is 0 Å². The highest BCUT2D eigenvalue weighted by Crippen LogP contribution is 2.38. The van der Waals surface area contributed by atoms with Crippen LogP contribution in [0.25, 0.3) is 15.7 Å². The number of Topliss-reactive ketones (excluding diaryl/α,β-unsaturated/α-hetero) is 1. The number of ether oxygens (including phenoxy) is 2. The molecular formula is C29H30ClN3O4. The fourth-order valence-corrected chi connectivity index (χ4v) is 4.96. The fraction of sp³-hybridized carbons (Fsp3) is 0.414. The highest BCUT2D eigenvalue weighted by Gasteiger charge is 2.24. The Morgan fingerprint density at radius 2 is 2.00 bits per heavy atom. The van der Waals surface area contributed by atoms with Crippen molar-refractivity contribution >= 4 is 34.0 Å². The number of nitrogens with zero attached hydrogens (tertiary/aromatic N) is 3. The van der Waals surface area contributed by atoms with Crippen LogP contribution in [0.2, 0.25) is 5.02 Å². The van der Waals surface area contributed by atoms with Crippen molar-refractivity contribution in [2.24, 2.45) is 5.92 Å². The van der Waals surface area contributed by atoms with E-state index >= 15 is 0 Å². The van der Waals surface area contributed by atoms with Crippen LogP contribution in [0.5, 0.6) is 17.2 Å². The summed E-state index contributed by atoms with van der Waals surface area (Å²) in [6.07, 6.45) is 6.58. The van der Waals surface area contributed by atoms with E-state index in [1.165, 1.54) is 0 Å². The van der Waals surface area contributed by atoms with Crippen LogP contribution in [0.1, 0.15) is 37.7 Å². The first-order valence-electron chi connectivity index (χ1n) is 12.8. The molecule has 2 fully saturated rings. The summed E-state index contributed by atoms with van der Waals surface area (Å²) in [4.78, 5) is 22.5. The van der Waals surface area contributed by atoms with Crippen LogP contribution in [0.4, 0.5) is 5.69 Å². The van der Waals surface area contributed by atoms with Crippen molar-refractivity contribution in [1.29, 1.82) is 0 Å². The van der Waals surface area contributed by atoms with Crippen molar-refractivity contribution in [3.05, 3.63) is 64.6 Å². The van der Waals surface area contributed by atoms with Gasteiger partial charge in [0.2, 0.25) is 5.69 Å². The van der Waals surface area contributed by atoms with Gasteiger partial charge in [0.25, 0.3) is 0 Å². The Hall–Kier alpha value is -3.18. The number of carbonyl (C=O) groups is 1. The highest BCUT2D eigenvalue weighted by atomic mass is 35.5. The van der Waals surface area contributed by atoms with E-state index < -0.39 is 6.10 Å². The third-order valence-corrected chi connectivity index (χ3v) is 7.21. The number of carbonyl (C=O) groups excluding carboxylic acids is 1. The first kappa shape index (κ1) is 25.5. The predicted molar refractivity (Wildman–Crippen MR) is 143 cm³/mol. The van der Waals surface area contributed by atoms with Crippen molar-refractivity contribution < 1.29 is 19.4 Å². The van der Waals surface area contributed by atoms with Gasteiger partial charge in [-0.15, -0.1) is 0 Å². The lowest BCUT2D eigenvalue weighted by molar-refractivity contribution is -0.118. The summed E-state index contributed by atoms with van der Waals surface area (Å²) in [5.41, 5.74) is 1.73. The average molecular weight is 520 g/mol. The highest BCUT2D eigenvalue weighted by molar-refractivity contribution is 6.31. The zero-order chi connectivity index (χ0) is 25.8. The second kappa shape index (κ2) is 11.5. The largest absolute Gasteiger partial charge is 0.502 e. The standard InChI is InChI=1S/C29H30ClN3O4/c1-31-27-15-24-26(16-29(27)36-18-22(35)17-33-10-2-3-11-33)32-9-8-28(24)37-23-7-6-20(25(30)14-23)13-21(34)12-19-4-5-19/h6-9,14-16,19,22,35H,2-5,10-13,17-18H2/t22-/m1/s1. The number of pyridine rings is 1. The first-order chi connectivity index (χ1) is 18.0. The maximum atomic E-state index is 12.2. The summed E-state index contributed by atoms with van der Waals surface area (Å²) < 4.78 is 12.0. The zero-order valence-electron chi connectivity index (χ0n) is 20.7. The van der Waals surface area contributed by atoms with Crippen LogP contribution in [0.3, 0.4) is 0 Å². The number of aliphatic hydroxyl groups excluding tert-OH is 1. The molecule has 0 amide bonds. The van der Waals surface area contributed by atoms with E-state index in [0.29, 0.717) is 64.2 Å². The van der Waals surface area contributed by atoms with E-state index in [1.807, 2.05) is 6.07 Å². The molecule has 7 nitrogen and oxygen atoms in total. The van der Waals surface area contributed by atoms with Crippen LogP contribution in [-0.4, -0.2) is 53.1 Å². The van der Waals surface area contributed by atoms with Gasteiger partial charge >= 0.3 is 0 Å². The Morgan fingerprint density at radius 3 is 2.73 bits per heavy atom. The molecule has 192 valence electrons. The number of ketones is 1. The maximum Gasteiger partial charge on any atom is 0.229 e. The third-order valence-electron chi connectivity index (χ3n) is 6.85. The van der Waals surface area contributed by atoms with Gasteiger partial charge in [-0.1, -0.05) is 17.7 Å². The van der Waals surface area contributed by atoms with E-state index in [9.17, 15) is 9.90 Å². The molecule has 0 spiro atoms. The van der Waals surface area contributed by atoms with Crippen molar-refractivity contribution in [3.63, 3.8) is 0 Å². The van der Waals surface area contributed by atoms with Gasteiger partial charge in [-0.2, -0.15) is 0 Å². The van der Waals surface area contributed by atoms with Gasteiger partial charge < -0.3 is 19.5 Å². The van der Waals surface area contributed by atoms with Gasteiger partial charge in [0, 0.05) is 36.0 Å². The van der Waals surface area contributed by atoms with Gasteiger partial charge in [0.1, 0.15) is 35.7 Å². The third kappa shape index (κ3) is 6.58. The van der Waals surface area contributed by atoms with Gasteiger partial charge in [-0.05, 0) is 80.6 Å². The molecule has 2 aromatic carbocycles. The molecule has 2 heterocycles. The summed E-state index contributed by atoms with van der Waals surface area (Å²) >= 11 is 6.47. The van der Waals surface area contributed by atoms with Crippen LogP contribution in [-0.2, 0) is 11.2 Å². The van der Waals surface area contributed by atoms with Crippen LogP contribution >= 0.6 is 11.6 Å². The first-order valence-corrected chi connectivity index (χ1v) is 13.2. The number of β-amino-alcohol motifs (C(OH)–C–C–N with tert-alkyl or cyclic N) is 1. The molecule has 37 heavy (non-hydrogen) atoms. The van der Waals surface area contributed by atoms with Crippen LogP contribution in [0, 0.1) is 12.5 Å². The zero-order valence-corrected chi connectivity index (χ0v) is 21.4. The second-order valence-corrected chi connectivity index (χ2v) is 10.4. The number of hydrogen-bond acceptors (Lipinski definition) is 6. The van der Waals surface area contributed by atoms with Crippen molar-refractivity contribution in [2.75, 3.05) is 26.2 Å². The minimum absolute atomic E-state index is 0.106. The number of halogens is 1. The molecule has 1 aliphatic heterocycles. The quantitative estimate of drug-likeness (QED) is 0.314. The molecule has 0 unspecified atom stereocenters. The molecule has 1 saturated heterocycles. The normalized spacial score (nSPS) is 16.5. The molecule has 5 rings (SSSR count). The van der Waals surface area contributed by atoms with E-state index in [1.54, 1.807) is 36.5 Å². The summed E-state index contributed by atoms with van der Waals surface area (Å²) in [6, 6.07) is 10.5. The van der Waals surface area contributed by atoms with Crippen molar-refractivity contribution in [3.8, 4) is 17.2 Å². The molecule has 3 aromatic rings. The number of fused-ring (bicyclic) bond motifs is 1. The Labute approximate surface area is 221 Å². The maximum absolute atomic E-state index is 12.2. The number of rotatable bonds is 11. The molecule has 0 radical (unpaired) electrons. The lowest BCUT2D eigenvalue weighted by atomic mass is 10.0. The number of hydrogen-bond donors (Lipinski definition) is 1. The molecule has 1 saturated carbocycles. The Bertz CT molecular complexity index is 1330. The molecule has 2 aliphatic rings. The van der Waals surface area contributed by atoms with Crippen molar-refractivity contribution in [1.82, 2.24) is 9.88 Å². The minimum Gasteiger partial charge on any atom is -0.502 e. The van der Waals surface area contributed by atoms with E-state index in [-0.39, 0.29) is 12.4 Å². The fourth-order valence-electron chi connectivity index (χ4n) is 4.72. The average Bonchev–Trinajstić information content (AvgIpc) is 3.55. The Kier molecular flexibility index (Phi) is 7.90. The summed E-state index contributed by atoms with van der Waals surface area (Å²) in [7, 11) is 0. The number of likely N-dealkylation sites (tertiary alicyclic amines) is 1. The van der Waals surface area contributed by atoms with Gasteiger partial charge in [0.05, 0.1) is 12.1 Å². The predicted octanol–water partition coefficient (Wildman–Crippen LogP) is 5.98. The number of benzene rings is 2. The molecule has 1 N–H and O–H groups in total. The van der Waals surface area contributed by atoms with E-state index in [4.69, 9.17) is 27.6 Å². The molecule has 0 bridgehead atoms. The van der Waals surface area contributed by atoms with E-state index in [2.05, 4.69) is 14.7 Å². The van der Waals surface area contributed by atoms with Gasteiger partial charge in [-0.25, -0.2) is 4.85 Å². The summed E-state index contributed by atoms with van der Waals surface area (Å²) in [5.74, 6) is 2.22. The Balaban J connectivity index is 1.29. The van der Waals surface area contributed by atoms with Crippen LogP contribution < -0.4 is 9.47 Å². The lowest BCUT2D eigenvalue weighted by Crippen LogP contribution is -2.33. The summed E-state index contributed by atoms with van der Waals surface area (Å²) in [5, 5.41) is 11.5. The molecule has 1 aromatic heterocycles. The van der Waals surface area contributed by atoms with E-state index in [0.717, 1.165) is 44.3 Å². The summed E-state index contributed by atoms with van der Waals surface area (Å²) in [6.45, 7) is 10.3.